The number of nitrogens with one attached hydrogen (secondary N) is 2. The molecule has 5 nitrogen and oxygen atoms in total. The van der Waals surface area contributed by atoms with E-state index in [4.69, 9.17) is 0 Å². The molecule has 0 atom stereocenters. The summed E-state index contributed by atoms with van der Waals surface area (Å²) in [6, 6.07) is 13.0. The van der Waals surface area contributed by atoms with Crippen LogP contribution in [-0.2, 0) is 6.54 Å². The lowest BCUT2D eigenvalue weighted by atomic mass is 10.2. The Kier molecular flexibility index (Phi) is 5.40. The van der Waals surface area contributed by atoms with Crippen LogP contribution in [0.2, 0.25) is 0 Å². The molecule has 126 valence electrons. The number of benzene rings is 1. The van der Waals surface area contributed by atoms with Gasteiger partial charge in [0.15, 0.2) is 0 Å². The van der Waals surface area contributed by atoms with Crippen molar-refractivity contribution in [1.29, 1.82) is 0 Å². The molecule has 0 spiro atoms. The molecule has 0 fully saturated rings. The zero-order valence-corrected chi connectivity index (χ0v) is 15.2. The van der Waals surface area contributed by atoms with Gasteiger partial charge in [-0.2, -0.15) is 0 Å². The highest BCUT2D eigenvalue weighted by Crippen LogP contribution is 2.21. The normalized spacial score (nSPS) is 10.3. The Morgan fingerprint density at radius 3 is 2.64 bits per heavy atom. The van der Waals surface area contributed by atoms with Gasteiger partial charge in [0, 0.05) is 40.9 Å². The van der Waals surface area contributed by atoms with Crippen LogP contribution in [0.25, 0.3) is 0 Å². The average molecular weight is 397 g/mol. The molecular formula is C19H17BrN4O. The van der Waals surface area contributed by atoms with Crippen molar-refractivity contribution in [2.75, 3.05) is 10.6 Å². The van der Waals surface area contributed by atoms with E-state index in [0.29, 0.717) is 17.9 Å². The monoisotopic (exact) mass is 396 g/mol. The number of amides is 1. The number of hydrogen-bond acceptors (Lipinski definition) is 4. The van der Waals surface area contributed by atoms with Gasteiger partial charge in [-0.1, -0.05) is 15.9 Å². The van der Waals surface area contributed by atoms with Gasteiger partial charge >= 0.3 is 0 Å². The Balaban J connectivity index is 1.69. The lowest BCUT2D eigenvalue weighted by Crippen LogP contribution is -2.13. The first-order valence-electron chi connectivity index (χ1n) is 7.78. The fraction of sp³-hybridized carbons (Fsp3) is 0.105. The highest BCUT2D eigenvalue weighted by Gasteiger charge is 2.09. The molecule has 1 aromatic carbocycles. The molecule has 0 aliphatic carbocycles. The number of carbonyl (C=O) groups is 1. The lowest BCUT2D eigenvalue weighted by molar-refractivity contribution is 0.102. The van der Waals surface area contributed by atoms with Crippen molar-refractivity contribution in [3.63, 3.8) is 0 Å². The van der Waals surface area contributed by atoms with Gasteiger partial charge in [-0.05, 0) is 60.5 Å². The SMILES string of the molecule is Cc1cc(Br)ccc1NC(=O)c1ccnc(NCc2ccncc2)c1. The van der Waals surface area contributed by atoms with Crippen molar-refractivity contribution >= 4 is 33.3 Å². The van der Waals surface area contributed by atoms with Crippen molar-refractivity contribution in [2.45, 2.75) is 13.5 Å². The molecule has 0 bridgehead atoms. The van der Waals surface area contributed by atoms with E-state index in [-0.39, 0.29) is 5.91 Å². The van der Waals surface area contributed by atoms with Crippen LogP contribution in [0.3, 0.4) is 0 Å². The quantitative estimate of drug-likeness (QED) is 0.669. The Hall–Kier alpha value is -2.73. The first kappa shape index (κ1) is 17.1. The van der Waals surface area contributed by atoms with Gasteiger partial charge < -0.3 is 10.6 Å². The van der Waals surface area contributed by atoms with Crippen molar-refractivity contribution in [3.8, 4) is 0 Å². The minimum absolute atomic E-state index is 0.167. The summed E-state index contributed by atoms with van der Waals surface area (Å²) in [6.45, 7) is 2.57. The molecule has 6 heteroatoms. The van der Waals surface area contributed by atoms with E-state index in [1.165, 1.54) is 0 Å². The van der Waals surface area contributed by atoms with Gasteiger partial charge in [-0.25, -0.2) is 4.98 Å². The van der Waals surface area contributed by atoms with Crippen LogP contribution in [0.4, 0.5) is 11.5 Å². The van der Waals surface area contributed by atoms with Crippen LogP contribution in [0.15, 0.2) is 65.5 Å². The summed E-state index contributed by atoms with van der Waals surface area (Å²) in [5.41, 5.74) is 3.43. The van der Waals surface area contributed by atoms with Crippen molar-refractivity contribution in [2.24, 2.45) is 0 Å². The third kappa shape index (κ3) is 4.64. The number of nitrogens with zero attached hydrogens (tertiary/aromatic N) is 2. The van der Waals surface area contributed by atoms with E-state index in [0.717, 1.165) is 21.3 Å². The first-order valence-corrected chi connectivity index (χ1v) is 8.57. The number of hydrogen-bond donors (Lipinski definition) is 2. The van der Waals surface area contributed by atoms with Crippen LogP contribution < -0.4 is 10.6 Å². The van der Waals surface area contributed by atoms with Gasteiger partial charge in [-0.15, -0.1) is 0 Å². The van der Waals surface area contributed by atoms with Gasteiger partial charge in [0.2, 0.25) is 0 Å². The van der Waals surface area contributed by atoms with Crippen molar-refractivity contribution < 1.29 is 4.79 Å². The van der Waals surface area contributed by atoms with Gasteiger partial charge in [0.1, 0.15) is 5.82 Å². The molecule has 0 aliphatic rings. The lowest BCUT2D eigenvalue weighted by Gasteiger charge is -2.10. The molecule has 0 unspecified atom stereocenters. The standard InChI is InChI=1S/C19H17BrN4O/c1-13-10-16(20)2-3-17(13)24-19(25)15-6-9-22-18(11-15)23-12-14-4-7-21-8-5-14/h2-11H,12H2,1H3,(H,22,23)(H,24,25). The third-order valence-corrected chi connectivity index (χ3v) is 4.18. The summed E-state index contributed by atoms with van der Waals surface area (Å²) in [5.74, 6) is 0.483. The van der Waals surface area contributed by atoms with Crippen molar-refractivity contribution in [3.05, 3.63) is 82.2 Å². The average Bonchev–Trinajstić information content (AvgIpc) is 2.63. The maximum atomic E-state index is 12.5. The fourth-order valence-electron chi connectivity index (χ4n) is 2.32. The number of halogens is 1. The summed E-state index contributed by atoms with van der Waals surface area (Å²) in [5, 5.41) is 6.14. The zero-order chi connectivity index (χ0) is 17.6. The molecule has 2 N–H and O–H groups in total. The predicted octanol–water partition coefficient (Wildman–Crippen LogP) is 4.41. The van der Waals surface area contributed by atoms with E-state index >= 15 is 0 Å². The molecule has 2 aromatic heterocycles. The maximum absolute atomic E-state index is 12.5. The smallest absolute Gasteiger partial charge is 0.255 e. The van der Waals surface area contributed by atoms with E-state index in [2.05, 4.69) is 36.5 Å². The number of aromatic nitrogens is 2. The molecule has 1 amide bonds. The van der Waals surface area contributed by atoms with E-state index < -0.39 is 0 Å². The van der Waals surface area contributed by atoms with Crippen LogP contribution in [0.1, 0.15) is 21.5 Å². The Morgan fingerprint density at radius 2 is 1.88 bits per heavy atom. The minimum atomic E-state index is -0.167. The van der Waals surface area contributed by atoms with E-state index in [1.807, 2.05) is 37.3 Å². The molecular weight excluding hydrogens is 380 g/mol. The van der Waals surface area contributed by atoms with Crippen LogP contribution in [-0.4, -0.2) is 15.9 Å². The second-order valence-corrected chi connectivity index (χ2v) is 6.47. The summed E-state index contributed by atoms with van der Waals surface area (Å²) >= 11 is 3.42. The largest absolute Gasteiger partial charge is 0.366 e. The number of carbonyl (C=O) groups excluding carboxylic acids is 1. The third-order valence-electron chi connectivity index (χ3n) is 3.68. The Bertz CT molecular complexity index is 884. The van der Waals surface area contributed by atoms with Gasteiger partial charge in [0.25, 0.3) is 5.91 Å². The molecule has 0 saturated carbocycles. The van der Waals surface area contributed by atoms with E-state index in [9.17, 15) is 4.79 Å². The zero-order valence-electron chi connectivity index (χ0n) is 13.7. The predicted molar refractivity (Wildman–Crippen MR) is 103 cm³/mol. The molecule has 0 aliphatic heterocycles. The highest BCUT2D eigenvalue weighted by molar-refractivity contribution is 9.10. The second kappa shape index (κ2) is 7.90. The number of aryl methyl sites for hydroxylation is 1. The first-order chi connectivity index (χ1) is 12.1. The number of rotatable bonds is 5. The maximum Gasteiger partial charge on any atom is 0.255 e. The summed E-state index contributed by atoms with van der Waals surface area (Å²) < 4.78 is 0.981. The van der Waals surface area contributed by atoms with Crippen LogP contribution >= 0.6 is 15.9 Å². The topological polar surface area (TPSA) is 66.9 Å². The fourth-order valence-corrected chi connectivity index (χ4v) is 2.80. The summed E-state index contributed by atoms with van der Waals surface area (Å²) in [6.07, 6.45) is 5.11. The summed E-state index contributed by atoms with van der Waals surface area (Å²) in [7, 11) is 0. The molecule has 25 heavy (non-hydrogen) atoms. The molecule has 0 saturated heterocycles. The second-order valence-electron chi connectivity index (χ2n) is 5.55. The number of pyridine rings is 2. The Labute approximate surface area is 154 Å². The summed E-state index contributed by atoms with van der Waals surface area (Å²) in [4.78, 5) is 20.7. The van der Waals surface area contributed by atoms with Crippen LogP contribution in [0, 0.1) is 6.92 Å². The van der Waals surface area contributed by atoms with Crippen LogP contribution in [0.5, 0.6) is 0 Å². The number of anilines is 2. The molecule has 3 aromatic rings. The van der Waals surface area contributed by atoms with Gasteiger partial charge in [-0.3, -0.25) is 9.78 Å². The van der Waals surface area contributed by atoms with E-state index in [1.54, 1.807) is 30.7 Å². The molecule has 0 radical (unpaired) electrons. The highest BCUT2D eigenvalue weighted by atomic mass is 79.9. The van der Waals surface area contributed by atoms with Gasteiger partial charge in [0.05, 0.1) is 0 Å². The Morgan fingerprint density at radius 1 is 1.08 bits per heavy atom. The minimum Gasteiger partial charge on any atom is -0.366 e. The molecule has 3 rings (SSSR count). The van der Waals surface area contributed by atoms with Crippen molar-refractivity contribution in [1.82, 2.24) is 9.97 Å². The molecule has 2 heterocycles.